The molecule has 2 heterocycles. The van der Waals surface area contributed by atoms with Crippen molar-refractivity contribution in [1.29, 1.82) is 0 Å². The van der Waals surface area contributed by atoms with Crippen LogP contribution in [0.25, 0.3) is 10.9 Å². The quantitative estimate of drug-likeness (QED) is 0.358. The Balaban J connectivity index is 0.00000342. The van der Waals surface area contributed by atoms with Crippen LogP contribution >= 0.6 is 18.9 Å². The number of thiazole rings is 1. The van der Waals surface area contributed by atoms with Crippen LogP contribution in [0.4, 0.5) is 5.13 Å². The standard InChI is InChI=1S/C21H27N4O6PS2.H2/c1-4-30-32(27,31-5-2)12-15-13-33-21(22-15)23-20(26)19-17-9-8-16(34(3,28)29)10-18(17)25(24-19)11-14-6-7-14;/h8-10,13-14H,4-7,11-12H2,1-3H3,(H,22,23,26);1H. The summed E-state index contributed by atoms with van der Waals surface area (Å²) < 4.78 is 49.2. The van der Waals surface area contributed by atoms with Crippen molar-refractivity contribution >= 4 is 50.7 Å². The number of nitrogens with one attached hydrogen (secondary N) is 1. The Morgan fingerprint density at radius 1 is 1.29 bits per heavy atom. The van der Waals surface area contributed by atoms with Crippen LogP contribution < -0.4 is 5.32 Å². The van der Waals surface area contributed by atoms with Gasteiger partial charge in [0.25, 0.3) is 5.91 Å². The van der Waals surface area contributed by atoms with E-state index in [1.165, 1.54) is 17.4 Å². The fraction of sp³-hybridized carbons (Fsp3) is 0.476. The third-order valence-corrected chi connectivity index (χ3v) is 9.21. The minimum absolute atomic E-state index is 0. The normalized spacial score (nSPS) is 14.6. The molecule has 0 saturated heterocycles. The Morgan fingerprint density at radius 3 is 2.62 bits per heavy atom. The predicted molar refractivity (Wildman–Crippen MR) is 132 cm³/mol. The highest BCUT2D eigenvalue weighted by Crippen LogP contribution is 2.51. The van der Waals surface area contributed by atoms with Crippen LogP contribution in [0.1, 0.15) is 44.3 Å². The monoisotopic (exact) mass is 528 g/mol. The first-order chi connectivity index (χ1) is 16.1. The van der Waals surface area contributed by atoms with Crippen molar-refractivity contribution < 1.29 is 28.3 Å². The molecule has 1 aliphatic rings. The van der Waals surface area contributed by atoms with Gasteiger partial charge in [0.15, 0.2) is 20.7 Å². The lowest BCUT2D eigenvalue weighted by Crippen LogP contribution is -2.14. The fourth-order valence-electron chi connectivity index (χ4n) is 3.55. The number of amides is 1. The molecule has 2 aromatic heterocycles. The second-order valence-corrected chi connectivity index (χ2v) is 13.1. The molecule has 0 radical (unpaired) electrons. The second-order valence-electron chi connectivity index (χ2n) is 8.13. The Labute approximate surface area is 203 Å². The maximum Gasteiger partial charge on any atom is 0.336 e. The summed E-state index contributed by atoms with van der Waals surface area (Å²) in [4.78, 5) is 17.6. The van der Waals surface area contributed by atoms with Gasteiger partial charge in [-0.1, -0.05) is 0 Å². The highest BCUT2D eigenvalue weighted by Gasteiger charge is 2.28. The SMILES string of the molecule is CCOP(=O)(Cc1csc(NC(=O)c2nn(CC3CC3)c3cc(S(C)(=O)=O)ccc23)n1)OCC.[HH]. The highest BCUT2D eigenvalue weighted by atomic mass is 32.2. The number of sulfone groups is 1. The van der Waals surface area contributed by atoms with Gasteiger partial charge >= 0.3 is 7.60 Å². The Bertz CT molecular complexity index is 1360. The summed E-state index contributed by atoms with van der Waals surface area (Å²) in [6, 6.07) is 4.67. The van der Waals surface area contributed by atoms with E-state index in [0.717, 1.165) is 19.1 Å². The van der Waals surface area contributed by atoms with Gasteiger partial charge < -0.3 is 9.05 Å². The molecule has 4 rings (SSSR count). The summed E-state index contributed by atoms with van der Waals surface area (Å²) in [6.45, 7) is 4.61. The molecule has 0 unspecified atom stereocenters. The van der Waals surface area contributed by atoms with Gasteiger partial charge in [-0.25, -0.2) is 13.4 Å². The molecular formula is C21H29N4O6PS2. The van der Waals surface area contributed by atoms with Gasteiger partial charge in [0.2, 0.25) is 0 Å². The summed E-state index contributed by atoms with van der Waals surface area (Å²) in [5.41, 5.74) is 1.29. The molecule has 0 bridgehead atoms. The molecule has 34 heavy (non-hydrogen) atoms. The third kappa shape index (κ3) is 5.75. The fourth-order valence-corrected chi connectivity index (χ4v) is 6.62. The Morgan fingerprint density at radius 2 is 2.00 bits per heavy atom. The van der Waals surface area contributed by atoms with Crippen molar-refractivity contribution in [2.24, 2.45) is 5.92 Å². The number of fused-ring (bicyclic) bond motifs is 1. The van der Waals surface area contributed by atoms with E-state index in [9.17, 15) is 17.8 Å². The van der Waals surface area contributed by atoms with Crippen LogP contribution in [-0.2, 0) is 36.2 Å². The van der Waals surface area contributed by atoms with Crippen molar-refractivity contribution in [3.8, 4) is 0 Å². The predicted octanol–water partition coefficient (Wildman–Crippen LogP) is 4.57. The molecular weight excluding hydrogens is 499 g/mol. The first-order valence-electron chi connectivity index (χ1n) is 11.0. The van der Waals surface area contributed by atoms with Crippen LogP contribution in [-0.4, -0.2) is 48.6 Å². The zero-order valence-corrected chi connectivity index (χ0v) is 21.7. The molecule has 1 amide bonds. The van der Waals surface area contributed by atoms with Crippen molar-refractivity contribution in [1.82, 2.24) is 14.8 Å². The number of rotatable bonds is 11. The van der Waals surface area contributed by atoms with Gasteiger partial charge in [-0.2, -0.15) is 5.10 Å². The van der Waals surface area contributed by atoms with E-state index in [2.05, 4.69) is 15.4 Å². The average molecular weight is 529 g/mol. The van der Waals surface area contributed by atoms with Crippen LogP contribution in [0.15, 0.2) is 28.5 Å². The van der Waals surface area contributed by atoms with Gasteiger partial charge in [-0.15, -0.1) is 11.3 Å². The van der Waals surface area contributed by atoms with Crippen LogP contribution in [0, 0.1) is 5.92 Å². The van der Waals surface area contributed by atoms with E-state index in [1.807, 2.05) is 0 Å². The van der Waals surface area contributed by atoms with E-state index < -0.39 is 23.3 Å². The number of anilines is 1. The molecule has 1 N–H and O–H groups in total. The molecule has 1 saturated carbocycles. The lowest BCUT2D eigenvalue weighted by atomic mass is 10.2. The lowest BCUT2D eigenvalue weighted by molar-refractivity contribution is 0.102. The first-order valence-corrected chi connectivity index (χ1v) is 15.5. The topological polar surface area (TPSA) is 129 Å². The number of carbonyl (C=O) groups excluding carboxylic acids is 1. The molecule has 0 aliphatic heterocycles. The molecule has 186 valence electrons. The van der Waals surface area contributed by atoms with Crippen LogP contribution in [0.5, 0.6) is 0 Å². The molecule has 1 aliphatic carbocycles. The molecule has 10 nitrogen and oxygen atoms in total. The van der Waals surface area contributed by atoms with Gasteiger partial charge in [0.05, 0.1) is 35.5 Å². The zero-order chi connectivity index (χ0) is 24.5. The zero-order valence-electron chi connectivity index (χ0n) is 19.2. The summed E-state index contributed by atoms with van der Waals surface area (Å²) in [7, 11) is -6.71. The number of hydrogen-bond acceptors (Lipinski definition) is 9. The molecule has 0 atom stereocenters. The Kier molecular flexibility index (Phi) is 7.25. The largest absolute Gasteiger partial charge is 0.336 e. The van der Waals surface area contributed by atoms with Crippen molar-refractivity contribution in [2.75, 3.05) is 24.8 Å². The number of hydrogen-bond donors (Lipinski definition) is 1. The van der Waals surface area contributed by atoms with Gasteiger partial charge in [-0.05, 0) is 50.8 Å². The molecule has 13 heteroatoms. The van der Waals surface area contributed by atoms with E-state index in [1.54, 1.807) is 36.0 Å². The van der Waals surface area contributed by atoms with E-state index in [4.69, 9.17) is 9.05 Å². The van der Waals surface area contributed by atoms with Crippen molar-refractivity contribution in [3.05, 3.63) is 35.0 Å². The summed E-state index contributed by atoms with van der Waals surface area (Å²) in [5, 5.41) is 9.85. The number of carbonyl (C=O) groups is 1. The second kappa shape index (κ2) is 9.87. The maximum atomic E-state index is 13.1. The molecule has 3 aromatic rings. The van der Waals surface area contributed by atoms with E-state index >= 15 is 0 Å². The first kappa shape index (κ1) is 25.0. The van der Waals surface area contributed by atoms with Crippen molar-refractivity contribution in [2.45, 2.75) is 44.3 Å². The summed E-state index contributed by atoms with van der Waals surface area (Å²) in [6.07, 6.45) is 3.33. The maximum absolute atomic E-state index is 13.1. The van der Waals surface area contributed by atoms with E-state index in [0.29, 0.717) is 34.2 Å². The minimum atomic E-state index is -3.40. The summed E-state index contributed by atoms with van der Waals surface area (Å²) >= 11 is 1.20. The van der Waals surface area contributed by atoms with Crippen molar-refractivity contribution in [3.63, 3.8) is 0 Å². The van der Waals surface area contributed by atoms with Crippen LogP contribution in [0.3, 0.4) is 0 Å². The molecule has 1 aromatic carbocycles. The van der Waals surface area contributed by atoms with Gasteiger partial charge in [0.1, 0.15) is 0 Å². The smallest absolute Gasteiger partial charge is 0.309 e. The highest BCUT2D eigenvalue weighted by molar-refractivity contribution is 7.90. The minimum Gasteiger partial charge on any atom is -0.309 e. The Hall–Kier alpha value is -2.11. The van der Waals surface area contributed by atoms with Gasteiger partial charge in [-0.3, -0.25) is 19.4 Å². The number of aromatic nitrogens is 3. The lowest BCUT2D eigenvalue weighted by Gasteiger charge is -2.15. The average Bonchev–Trinajstić information content (AvgIpc) is 3.36. The third-order valence-electron chi connectivity index (χ3n) is 5.27. The van der Waals surface area contributed by atoms with Gasteiger partial charge in [0, 0.05) is 25.0 Å². The summed E-state index contributed by atoms with van der Waals surface area (Å²) in [5.74, 6) is 0.0270. The number of nitrogens with zero attached hydrogens (tertiary/aromatic N) is 3. The van der Waals surface area contributed by atoms with E-state index in [-0.39, 0.29) is 31.4 Å². The van der Waals surface area contributed by atoms with Crippen LogP contribution in [0.2, 0.25) is 0 Å². The molecule has 1 fully saturated rings. The number of benzene rings is 1. The molecule has 0 spiro atoms.